The number of phenolic OH excluding ortho intramolecular Hbond substituents is 1. The lowest BCUT2D eigenvalue weighted by Crippen LogP contribution is -2.48. The summed E-state index contributed by atoms with van der Waals surface area (Å²) < 4.78 is 0. The molecule has 1 saturated carbocycles. The number of hydrogen-bond donors (Lipinski definition) is 2. The second-order valence-corrected chi connectivity index (χ2v) is 9.23. The Labute approximate surface area is 194 Å². The third kappa shape index (κ3) is 4.32. The van der Waals surface area contributed by atoms with E-state index in [9.17, 15) is 9.90 Å². The molecular weight excluding hydrogens is 414 g/mol. The second-order valence-electron chi connectivity index (χ2n) is 9.23. The van der Waals surface area contributed by atoms with E-state index in [-0.39, 0.29) is 5.91 Å². The van der Waals surface area contributed by atoms with Crippen LogP contribution in [-0.2, 0) is 4.79 Å². The van der Waals surface area contributed by atoms with Crippen molar-refractivity contribution in [1.82, 2.24) is 14.9 Å². The molecule has 1 amide bonds. The van der Waals surface area contributed by atoms with E-state index in [4.69, 9.17) is 4.98 Å². The van der Waals surface area contributed by atoms with Crippen molar-refractivity contribution in [1.29, 1.82) is 0 Å². The number of aromatic hydroxyl groups is 1. The quantitative estimate of drug-likeness (QED) is 0.605. The summed E-state index contributed by atoms with van der Waals surface area (Å²) in [7, 11) is 0. The molecule has 0 unspecified atom stereocenters. The Morgan fingerprint density at radius 3 is 2.45 bits per heavy atom. The van der Waals surface area contributed by atoms with Crippen molar-refractivity contribution in [2.75, 3.05) is 36.4 Å². The number of aromatic nitrogens is 2. The number of carbonyl (C=O) groups excluding carboxylic acids is 1. The molecule has 2 fully saturated rings. The van der Waals surface area contributed by atoms with Gasteiger partial charge in [-0.25, -0.2) is 9.97 Å². The first kappa shape index (κ1) is 21.5. The van der Waals surface area contributed by atoms with Crippen molar-refractivity contribution >= 4 is 34.1 Å². The lowest BCUT2D eigenvalue weighted by molar-refractivity contribution is -0.129. The second kappa shape index (κ2) is 8.89. The lowest BCUT2D eigenvalue weighted by Gasteiger charge is -2.35. The molecule has 7 heteroatoms. The molecular formula is C26H31N5O2. The van der Waals surface area contributed by atoms with Crippen molar-refractivity contribution in [2.45, 2.75) is 45.4 Å². The van der Waals surface area contributed by atoms with Crippen LogP contribution in [0, 0.1) is 6.92 Å². The van der Waals surface area contributed by atoms with Crippen LogP contribution in [0.15, 0.2) is 36.5 Å². The fourth-order valence-electron chi connectivity index (χ4n) is 5.20. The summed E-state index contributed by atoms with van der Waals surface area (Å²) in [6.07, 6.45) is 6.46. The molecule has 1 aliphatic carbocycles. The van der Waals surface area contributed by atoms with Crippen LogP contribution >= 0.6 is 0 Å². The minimum Gasteiger partial charge on any atom is -0.508 e. The zero-order valence-corrected chi connectivity index (χ0v) is 19.3. The molecule has 5 rings (SSSR count). The monoisotopic (exact) mass is 445 g/mol. The topological polar surface area (TPSA) is 81.6 Å². The number of piperazine rings is 1. The Kier molecular flexibility index (Phi) is 5.79. The Hall–Kier alpha value is -3.35. The molecule has 33 heavy (non-hydrogen) atoms. The Morgan fingerprint density at radius 1 is 1.09 bits per heavy atom. The molecule has 1 saturated heterocycles. The Bertz CT molecular complexity index is 1160. The lowest BCUT2D eigenvalue weighted by atomic mass is 9.92. The Balaban J connectivity index is 1.36. The number of amides is 1. The van der Waals surface area contributed by atoms with Crippen LogP contribution < -0.4 is 10.2 Å². The van der Waals surface area contributed by atoms with Crippen LogP contribution in [0.3, 0.4) is 0 Å². The summed E-state index contributed by atoms with van der Waals surface area (Å²) >= 11 is 0. The number of phenols is 1. The molecule has 0 atom stereocenters. The van der Waals surface area contributed by atoms with Gasteiger partial charge >= 0.3 is 0 Å². The molecule has 0 spiro atoms. The highest BCUT2D eigenvalue weighted by atomic mass is 16.3. The van der Waals surface area contributed by atoms with E-state index in [1.807, 2.05) is 36.2 Å². The first-order valence-corrected chi connectivity index (χ1v) is 11.9. The minimum absolute atomic E-state index is 0.143. The third-order valence-corrected chi connectivity index (χ3v) is 7.07. The molecule has 2 aromatic carbocycles. The predicted molar refractivity (Wildman–Crippen MR) is 131 cm³/mol. The van der Waals surface area contributed by atoms with Gasteiger partial charge in [0.25, 0.3) is 0 Å². The zero-order chi connectivity index (χ0) is 22.9. The molecule has 3 aromatic rings. The van der Waals surface area contributed by atoms with Crippen LogP contribution in [-0.4, -0.2) is 52.1 Å². The van der Waals surface area contributed by atoms with E-state index in [1.165, 1.54) is 12.8 Å². The summed E-state index contributed by atoms with van der Waals surface area (Å²) in [6, 6.07) is 10.1. The van der Waals surface area contributed by atoms with Crippen molar-refractivity contribution in [2.24, 2.45) is 0 Å². The summed E-state index contributed by atoms with van der Waals surface area (Å²) in [5, 5.41) is 15.1. The number of nitrogens with one attached hydrogen (secondary N) is 1. The summed E-state index contributed by atoms with van der Waals surface area (Å²) in [5.41, 5.74) is 4.88. The molecule has 0 bridgehead atoms. The first-order chi connectivity index (χ1) is 16.0. The first-order valence-electron chi connectivity index (χ1n) is 11.9. The van der Waals surface area contributed by atoms with Gasteiger partial charge in [-0.1, -0.05) is 12.8 Å². The average molecular weight is 446 g/mol. The molecule has 7 nitrogen and oxygen atoms in total. The fraction of sp³-hybridized carbons (Fsp3) is 0.423. The van der Waals surface area contributed by atoms with Gasteiger partial charge in [0.15, 0.2) is 0 Å². The van der Waals surface area contributed by atoms with Crippen LogP contribution in [0.2, 0.25) is 0 Å². The van der Waals surface area contributed by atoms with Gasteiger partial charge in [0.1, 0.15) is 5.75 Å². The van der Waals surface area contributed by atoms with Gasteiger partial charge < -0.3 is 20.2 Å². The highest BCUT2D eigenvalue weighted by molar-refractivity contribution is 5.88. The maximum absolute atomic E-state index is 11.5. The van der Waals surface area contributed by atoms with Gasteiger partial charge in [0.05, 0.1) is 5.52 Å². The number of nitrogens with zero attached hydrogens (tertiary/aromatic N) is 4. The van der Waals surface area contributed by atoms with Crippen LogP contribution in [0.4, 0.5) is 17.3 Å². The van der Waals surface area contributed by atoms with Crippen molar-refractivity contribution in [3.05, 3.63) is 47.7 Å². The maximum atomic E-state index is 11.5. The molecule has 2 heterocycles. The van der Waals surface area contributed by atoms with E-state index in [0.717, 1.165) is 72.4 Å². The third-order valence-electron chi connectivity index (χ3n) is 7.07. The largest absolute Gasteiger partial charge is 0.508 e. The van der Waals surface area contributed by atoms with Gasteiger partial charge in [-0.05, 0) is 61.6 Å². The van der Waals surface area contributed by atoms with Crippen molar-refractivity contribution in [3.8, 4) is 5.75 Å². The maximum Gasteiger partial charge on any atom is 0.227 e. The average Bonchev–Trinajstić information content (AvgIpc) is 3.34. The summed E-state index contributed by atoms with van der Waals surface area (Å²) in [4.78, 5) is 25.1. The van der Waals surface area contributed by atoms with Crippen LogP contribution in [0.25, 0.3) is 10.9 Å². The van der Waals surface area contributed by atoms with E-state index in [2.05, 4.69) is 27.3 Å². The number of hydrogen-bond acceptors (Lipinski definition) is 6. The summed E-state index contributed by atoms with van der Waals surface area (Å²) in [6.45, 7) is 6.82. The highest BCUT2D eigenvalue weighted by Crippen LogP contribution is 2.42. The molecule has 2 aliphatic rings. The van der Waals surface area contributed by atoms with Gasteiger partial charge in [-0.3, -0.25) is 4.79 Å². The minimum atomic E-state index is 0.143. The highest BCUT2D eigenvalue weighted by Gasteiger charge is 2.24. The number of aryl methyl sites for hydroxylation is 1. The standard InChI is InChI=1S/C26H31N5O2/c1-17-15-23(33)24(19-5-3-4-6-19)25-22(17)16-27-26(29-25)28-20-7-9-21(10-8-20)31-13-11-30(12-14-31)18(2)32/h7-10,15-16,19,33H,3-6,11-14H2,1-2H3,(H,27,28,29). The number of benzene rings is 2. The molecule has 172 valence electrons. The predicted octanol–water partition coefficient (Wildman–Crippen LogP) is 4.71. The molecule has 1 aromatic heterocycles. The molecule has 2 N–H and O–H groups in total. The van der Waals surface area contributed by atoms with Crippen LogP contribution in [0.5, 0.6) is 5.75 Å². The van der Waals surface area contributed by atoms with Crippen molar-refractivity contribution < 1.29 is 9.90 Å². The zero-order valence-electron chi connectivity index (χ0n) is 19.3. The van der Waals surface area contributed by atoms with Crippen molar-refractivity contribution in [3.63, 3.8) is 0 Å². The smallest absolute Gasteiger partial charge is 0.227 e. The Morgan fingerprint density at radius 2 is 1.79 bits per heavy atom. The van der Waals surface area contributed by atoms with Gasteiger partial charge in [-0.15, -0.1) is 0 Å². The SMILES string of the molecule is CC(=O)N1CCN(c2ccc(Nc3ncc4c(C)cc(O)c(C5CCCC5)c4n3)cc2)CC1. The number of anilines is 3. The van der Waals surface area contributed by atoms with Crippen LogP contribution in [0.1, 0.15) is 49.7 Å². The molecule has 0 radical (unpaired) electrons. The van der Waals surface area contributed by atoms with E-state index < -0.39 is 0 Å². The fourth-order valence-corrected chi connectivity index (χ4v) is 5.20. The summed E-state index contributed by atoms with van der Waals surface area (Å²) in [5.74, 6) is 1.39. The number of fused-ring (bicyclic) bond motifs is 1. The van der Waals surface area contributed by atoms with Gasteiger partial charge in [0.2, 0.25) is 11.9 Å². The van der Waals surface area contributed by atoms with E-state index in [0.29, 0.717) is 17.6 Å². The molecule has 1 aliphatic heterocycles. The number of carbonyl (C=O) groups is 1. The normalized spacial score (nSPS) is 17.0. The van der Waals surface area contributed by atoms with Gasteiger partial charge in [-0.2, -0.15) is 0 Å². The van der Waals surface area contributed by atoms with E-state index >= 15 is 0 Å². The number of rotatable bonds is 4. The van der Waals surface area contributed by atoms with E-state index in [1.54, 1.807) is 6.92 Å². The van der Waals surface area contributed by atoms with Gasteiger partial charge in [0, 0.05) is 61.6 Å².